The number of hydrogen-bond acceptors (Lipinski definition) is 2. The maximum absolute atomic E-state index is 12.3. The molecule has 0 aromatic heterocycles. The molecule has 0 radical (unpaired) electrons. The van der Waals surface area contributed by atoms with Gasteiger partial charge in [-0.1, -0.05) is 13.8 Å². The van der Waals surface area contributed by atoms with Gasteiger partial charge in [0.15, 0.2) is 0 Å². The van der Waals surface area contributed by atoms with Crippen LogP contribution in [0.2, 0.25) is 0 Å². The predicted molar refractivity (Wildman–Crippen MR) is 67.8 cm³/mol. The molecule has 1 unspecified atom stereocenters. The van der Waals surface area contributed by atoms with E-state index in [1.807, 2.05) is 0 Å². The van der Waals surface area contributed by atoms with E-state index in [9.17, 15) is 22.8 Å². The number of hydrogen-bond donors (Lipinski definition) is 1. The third kappa shape index (κ3) is 3.86. The molecule has 116 valence electrons. The Labute approximate surface area is 116 Å². The third-order valence-electron chi connectivity index (χ3n) is 3.33. The van der Waals surface area contributed by atoms with Crippen LogP contribution >= 0.6 is 0 Å². The molecule has 7 heteroatoms. The van der Waals surface area contributed by atoms with Crippen molar-refractivity contribution in [3.63, 3.8) is 0 Å². The molecule has 0 aliphatic carbocycles. The quantitative estimate of drug-likeness (QED) is 0.863. The lowest BCUT2D eigenvalue weighted by atomic mass is 9.91. The molecule has 2 amide bonds. The van der Waals surface area contributed by atoms with Crippen molar-refractivity contribution in [3.05, 3.63) is 0 Å². The van der Waals surface area contributed by atoms with Crippen LogP contribution in [0.4, 0.5) is 13.2 Å². The van der Waals surface area contributed by atoms with Crippen LogP contribution in [-0.2, 0) is 9.59 Å². The highest BCUT2D eigenvalue weighted by molar-refractivity contribution is 5.99. The lowest BCUT2D eigenvalue weighted by molar-refractivity contribution is -0.157. The number of nitrogens with zero attached hydrogens (tertiary/aromatic N) is 1. The van der Waals surface area contributed by atoms with Gasteiger partial charge in [-0.25, -0.2) is 0 Å². The van der Waals surface area contributed by atoms with Gasteiger partial charge in [-0.3, -0.25) is 9.59 Å². The molecule has 1 heterocycles. The van der Waals surface area contributed by atoms with E-state index in [0.29, 0.717) is 0 Å². The summed E-state index contributed by atoms with van der Waals surface area (Å²) < 4.78 is 36.6. The third-order valence-corrected chi connectivity index (χ3v) is 3.33. The number of amides is 2. The largest absolute Gasteiger partial charge is 0.389 e. The van der Waals surface area contributed by atoms with Crippen LogP contribution in [0.15, 0.2) is 0 Å². The van der Waals surface area contributed by atoms with E-state index in [4.69, 9.17) is 0 Å². The van der Waals surface area contributed by atoms with Gasteiger partial charge in [0.25, 0.3) is 0 Å². The summed E-state index contributed by atoms with van der Waals surface area (Å²) in [6.07, 6.45) is -5.39. The fraction of sp³-hybridized carbons (Fsp3) is 0.846. The molecule has 0 aromatic rings. The first-order chi connectivity index (χ1) is 8.96. The second kappa shape index (κ2) is 5.61. The Morgan fingerprint density at radius 3 is 2.30 bits per heavy atom. The molecule has 1 N–H and O–H groups in total. The monoisotopic (exact) mass is 294 g/mol. The summed E-state index contributed by atoms with van der Waals surface area (Å²) in [6, 6.07) is -0.705. The standard InChI is InChI=1S/C13H21F3N2O2/c1-8(2)9-10(19)17-12(3,4)11(20)18(9)7-5-6-13(14,15)16/h8-9H,5-7H2,1-4H3,(H,17,19). The highest BCUT2D eigenvalue weighted by Gasteiger charge is 2.46. The Bertz CT molecular complexity index is 392. The molecule has 20 heavy (non-hydrogen) atoms. The molecule has 1 saturated heterocycles. The molecular formula is C13H21F3N2O2. The van der Waals surface area contributed by atoms with Crippen LogP contribution in [0.1, 0.15) is 40.5 Å². The molecule has 0 bridgehead atoms. The number of carbonyl (C=O) groups excluding carboxylic acids is 2. The summed E-state index contributed by atoms with van der Waals surface area (Å²) in [4.78, 5) is 25.6. The Morgan fingerprint density at radius 1 is 1.30 bits per heavy atom. The van der Waals surface area contributed by atoms with Gasteiger partial charge in [-0.05, 0) is 26.2 Å². The van der Waals surface area contributed by atoms with E-state index in [-0.39, 0.29) is 30.7 Å². The van der Waals surface area contributed by atoms with Gasteiger partial charge in [0, 0.05) is 13.0 Å². The van der Waals surface area contributed by atoms with E-state index in [0.717, 1.165) is 0 Å². The van der Waals surface area contributed by atoms with Crippen molar-refractivity contribution >= 4 is 11.8 Å². The van der Waals surface area contributed by atoms with Gasteiger partial charge in [0.1, 0.15) is 11.6 Å². The van der Waals surface area contributed by atoms with E-state index in [1.165, 1.54) is 4.90 Å². The highest BCUT2D eigenvalue weighted by Crippen LogP contribution is 2.26. The minimum absolute atomic E-state index is 0.0575. The van der Waals surface area contributed by atoms with Crippen LogP contribution in [-0.4, -0.2) is 41.0 Å². The van der Waals surface area contributed by atoms with Crippen LogP contribution in [0.5, 0.6) is 0 Å². The van der Waals surface area contributed by atoms with Crippen molar-refractivity contribution in [3.8, 4) is 0 Å². The van der Waals surface area contributed by atoms with E-state index < -0.39 is 24.2 Å². The van der Waals surface area contributed by atoms with Gasteiger partial charge in [0.05, 0.1) is 0 Å². The topological polar surface area (TPSA) is 49.4 Å². The molecule has 0 spiro atoms. The van der Waals surface area contributed by atoms with Crippen molar-refractivity contribution in [2.24, 2.45) is 5.92 Å². The zero-order valence-corrected chi connectivity index (χ0v) is 12.2. The van der Waals surface area contributed by atoms with Crippen LogP contribution in [0.25, 0.3) is 0 Å². The minimum atomic E-state index is -4.25. The predicted octanol–water partition coefficient (Wildman–Crippen LogP) is 2.09. The lowest BCUT2D eigenvalue weighted by Crippen LogP contribution is -2.69. The second-order valence-corrected chi connectivity index (χ2v) is 6.02. The molecule has 0 aromatic carbocycles. The Hall–Kier alpha value is -1.27. The molecule has 1 fully saturated rings. The van der Waals surface area contributed by atoms with Crippen molar-refractivity contribution < 1.29 is 22.8 Å². The van der Waals surface area contributed by atoms with Crippen LogP contribution in [0.3, 0.4) is 0 Å². The van der Waals surface area contributed by atoms with E-state index in [2.05, 4.69) is 5.32 Å². The van der Waals surface area contributed by atoms with Crippen molar-refractivity contribution in [1.29, 1.82) is 0 Å². The summed E-state index contributed by atoms with van der Waals surface area (Å²) in [5.74, 6) is -0.796. The van der Waals surface area contributed by atoms with Crippen molar-refractivity contribution in [2.45, 2.75) is 58.3 Å². The Kier molecular flexibility index (Phi) is 4.71. The van der Waals surface area contributed by atoms with Crippen LogP contribution < -0.4 is 5.32 Å². The smallest absolute Gasteiger partial charge is 0.340 e. The second-order valence-electron chi connectivity index (χ2n) is 6.02. The fourth-order valence-corrected chi connectivity index (χ4v) is 2.42. The number of piperazine rings is 1. The Morgan fingerprint density at radius 2 is 1.85 bits per heavy atom. The number of halogens is 3. The summed E-state index contributed by atoms with van der Waals surface area (Å²) in [7, 11) is 0. The molecule has 4 nitrogen and oxygen atoms in total. The summed E-state index contributed by atoms with van der Waals surface area (Å²) in [6.45, 7) is 6.60. The van der Waals surface area contributed by atoms with Gasteiger partial charge >= 0.3 is 6.18 Å². The molecular weight excluding hydrogens is 273 g/mol. The van der Waals surface area contributed by atoms with E-state index in [1.54, 1.807) is 27.7 Å². The number of nitrogens with one attached hydrogen (secondary N) is 1. The summed E-state index contributed by atoms with van der Waals surface area (Å²) >= 11 is 0. The maximum Gasteiger partial charge on any atom is 0.389 e. The fourth-order valence-electron chi connectivity index (χ4n) is 2.42. The van der Waals surface area contributed by atoms with Crippen molar-refractivity contribution in [1.82, 2.24) is 10.2 Å². The molecule has 1 aliphatic rings. The summed E-state index contributed by atoms with van der Waals surface area (Å²) in [5.41, 5.74) is -1.07. The zero-order valence-electron chi connectivity index (χ0n) is 12.2. The first-order valence-corrected chi connectivity index (χ1v) is 6.65. The van der Waals surface area contributed by atoms with Gasteiger partial charge < -0.3 is 10.2 Å². The van der Waals surface area contributed by atoms with Gasteiger partial charge in [0.2, 0.25) is 11.8 Å². The summed E-state index contributed by atoms with van der Waals surface area (Å²) in [5, 5.41) is 2.62. The SMILES string of the molecule is CC(C)C1C(=O)NC(C)(C)C(=O)N1CCCC(F)(F)F. The van der Waals surface area contributed by atoms with Crippen molar-refractivity contribution in [2.75, 3.05) is 6.54 Å². The minimum Gasteiger partial charge on any atom is -0.340 e. The maximum atomic E-state index is 12.3. The first-order valence-electron chi connectivity index (χ1n) is 6.65. The number of carbonyl (C=O) groups is 2. The molecule has 0 saturated carbocycles. The first kappa shape index (κ1) is 16.8. The Balaban J connectivity index is 2.84. The van der Waals surface area contributed by atoms with Gasteiger partial charge in [-0.2, -0.15) is 13.2 Å². The zero-order chi connectivity index (χ0) is 15.7. The normalized spacial score (nSPS) is 23.2. The highest BCUT2D eigenvalue weighted by atomic mass is 19.4. The van der Waals surface area contributed by atoms with E-state index >= 15 is 0 Å². The number of rotatable bonds is 4. The van der Waals surface area contributed by atoms with Gasteiger partial charge in [-0.15, -0.1) is 0 Å². The molecule has 1 atom stereocenters. The molecule has 1 aliphatic heterocycles. The average Bonchev–Trinajstić information content (AvgIpc) is 2.21. The lowest BCUT2D eigenvalue weighted by Gasteiger charge is -2.44. The average molecular weight is 294 g/mol. The van der Waals surface area contributed by atoms with Crippen LogP contribution in [0, 0.1) is 5.92 Å². The molecule has 1 rings (SSSR count). The number of alkyl halides is 3.